The second-order valence-corrected chi connectivity index (χ2v) is 10.0. The Labute approximate surface area is 225 Å². The zero-order valence-electron chi connectivity index (χ0n) is 21.4. The molecule has 0 saturated carbocycles. The van der Waals surface area contributed by atoms with E-state index in [1.54, 1.807) is 6.07 Å². The van der Waals surface area contributed by atoms with E-state index in [4.69, 9.17) is 0 Å². The lowest BCUT2D eigenvalue weighted by Gasteiger charge is -2.26. The van der Waals surface area contributed by atoms with Gasteiger partial charge in [-0.15, -0.1) is 0 Å². The van der Waals surface area contributed by atoms with E-state index in [0.717, 1.165) is 16.5 Å². The van der Waals surface area contributed by atoms with E-state index < -0.39 is 35.6 Å². The van der Waals surface area contributed by atoms with Crippen molar-refractivity contribution in [3.05, 3.63) is 71.9 Å². The highest BCUT2D eigenvalue weighted by Crippen LogP contribution is 2.24. The number of rotatable bonds is 9. The summed E-state index contributed by atoms with van der Waals surface area (Å²) in [6.45, 7) is 1.03. The van der Waals surface area contributed by atoms with Gasteiger partial charge in [0.05, 0.1) is 6.04 Å². The minimum atomic E-state index is -1.19. The van der Waals surface area contributed by atoms with Crippen LogP contribution in [0.1, 0.15) is 41.7 Å². The van der Waals surface area contributed by atoms with Crippen LogP contribution in [0.2, 0.25) is 0 Å². The standard InChI is InChI=1S/C29H31N5O5/c35-25(28(38)31-17-18-7-2-1-3-8-18)22(16-20-12-13-30-26(20)36)33-27(37)24-11-6-14-34(24)29(39)23-15-19-9-4-5-10-21(19)32-23/h1-5,7-10,15,20,22,24,32H,6,11-14,16-17H2,(H,30,36)(H,31,38)(H,33,37)/t20-,22-,24-/m0/s1. The Morgan fingerprint density at radius 1 is 1.00 bits per heavy atom. The number of likely N-dealkylation sites (tertiary alicyclic amines) is 1. The van der Waals surface area contributed by atoms with Gasteiger partial charge in [-0.25, -0.2) is 0 Å². The van der Waals surface area contributed by atoms with E-state index in [1.165, 1.54) is 4.90 Å². The Bertz CT molecular complexity index is 1370. The van der Waals surface area contributed by atoms with Gasteiger partial charge in [-0.3, -0.25) is 24.0 Å². The fraction of sp³-hybridized carbons (Fsp3) is 0.345. The smallest absolute Gasteiger partial charge is 0.289 e. The average Bonchev–Trinajstić information content (AvgIpc) is 3.71. The number of ketones is 1. The van der Waals surface area contributed by atoms with Crippen LogP contribution in [0.3, 0.4) is 0 Å². The maximum atomic E-state index is 13.4. The van der Waals surface area contributed by atoms with Crippen LogP contribution in [0.15, 0.2) is 60.7 Å². The Hall–Kier alpha value is -4.47. The van der Waals surface area contributed by atoms with Gasteiger partial charge in [0.15, 0.2) is 0 Å². The number of para-hydroxylation sites is 1. The largest absolute Gasteiger partial charge is 0.356 e. The SMILES string of the molecule is O=C(NCc1ccccc1)C(=O)[C@H](C[C@@H]1CCNC1=O)NC(=O)[C@@H]1CCCN1C(=O)c1cc2ccccc2[nH]1. The van der Waals surface area contributed by atoms with Gasteiger partial charge in [-0.1, -0.05) is 48.5 Å². The van der Waals surface area contributed by atoms with Crippen LogP contribution in [-0.4, -0.2) is 64.5 Å². The number of hydrogen-bond donors (Lipinski definition) is 4. The monoisotopic (exact) mass is 529 g/mol. The molecular formula is C29H31N5O5. The molecule has 5 rings (SSSR count). The van der Waals surface area contributed by atoms with E-state index in [1.807, 2.05) is 54.6 Å². The number of nitrogens with zero attached hydrogens (tertiary/aromatic N) is 1. The molecule has 3 atom stereocenters. The summed E-state index contributed by atoms with van der Waals surface area (Å²) < 4.78 is 0. The molecule has 202 valence electrons. The molecule has 0 spiro atoms. The first-order valence-corrected chi connectivity index (χ1v) is 13.2. The predicted molar refractivity (Wildman–Crippen MR) is 143 cm³/mol. The number of hydrogen-bond acceptors (Lipinski definition) is 5. The number of aromatic amines is 1. The third kappa shape index (κ3) is 5.84. The summed E-state index contributed by atoms with van der Waals surface area (Å²) in [6.07, 6.45) is 1.59. The van der Waals surface area contributed by atoms with Crippen molar-refractivity contribution >= 4 is 40.3 Å². The predicted octanol–water partition coefficient (Wildman–Crippen LogP) is 1.67. The van der Waals surface area contributed by atoms with Gasteiger partial charge >= 0.3 is 0 Å². The molecule has 39 heavy (non-hydrogen) atoms. The molecule has 2 fully saturated rings. The molecule has 0 bridgehead atoms. The van der Waals surface area contributed by atoms with E-state index in [2.05, 4.69) is 20.9 Å². The number of nitrogens with one attached hydrogen (secondary N) is 4. The second-order valence-electron chi connectivity index (χ2n) is 10.0. The van der Waals surface area contributed by atoms with E-state index >= 15 is 0 Å². The maximum absolute atomic E-state index is 13.4. The van der Waals surface area contributed by atoms with E-state index in [9.17, 15) is 24.0 Å². The zero-order valence-corrected chi connectivity index (χ0v) is 21.4. The molecule has 3 aromatic rings. The Morgan fingerprint density at radius 2 is 1.77 bits per heavy atom. The number of benzene rings is 2. The molecule has 3 heterocycles. The minimum Gasteiger partial charge on any atom is -0.356 e. The highest BCUT2D eigenvalue weighted by atomic mass is 16.2. The third-order valence-corrected chi connectivity index (χ3v) is 7.41. The van der Waals surface area contributed by atoms with Gasteiger partial charge in [0.1, 0.15) is 11.7 Å². The molecular weight excluding hydrogens is 498 g/mol. The Kier molecular flexibility index (Phi) is 7.72. The second kappa shape index (κ2) is 11.5. The van der Waals surface area contributed by atoms with Gasteiger partial charge in [-0.2, -0.15) is 0 Å². The maximum Gasteiger partial charge on any atom is 0.289 e. The molecule has 2 aliphatic rings. The summed E-state index contributed by atoms with van der Waals surface area (Å²) in [5.41, 5.74) is 2.03. The van der Waals surface area contributed by atoms with Gasteiger partial charge in [0.25, 0.3) is 11.8 Å². The van der Waals surface area contributed by atoms with Crippen LogP contribution in [0.25, 0.3) is 10.9 Å². The topological polar surface area (TPSA) is 140 Å². The Balaban J connectivity index is 1.29. The molecule has 0 unspecified atom stereocenters. The zero-order chi connectivity index (χ0) is 27.4. The summed E-state index contributed by atoms with van der Waals surface area (Å²) >= 11 is 0. The highest BCUT2D eigenvalue weighted by molar-refractivity contribution is 6.38. The molecule has 0 radical (unpaired) electrons. The Morgan fingerprint density at radius 3 is 2.51 bits per heavy atom. The van der Waals surface area contributed by atoms with Crippen molar-refractivity contribution < 1.29 is 24.0 Å². The first-order chi connectivity index (χ1) is 18.9. The van der Waals surface area contributed by atoms with E-state index in [-0.39, 0.29) is 24.8 Å². The van der Waals surface area contributed by atoms with Crippen LogP contribution >= 0.6 is 0 Å². The number of aromatic nitrogens is 1. The quantitative estimate of drug-likeness (QED) is 0.312. The van der Waals surface area contributed by atoms with Crippen molar-refractivity contribution in [3.8, 4) is 0 Å². The summed E-state index contributed by atoms with van der Waals surface area (Å²) in [5, 5.41) is 8.95. The number of Topliss-reactive ketones (excluding diaryl/α,β-unsaturated/α-hetero) is 1. The lowest BCUT2D eigenvalue weighted by Crippen LogP contribution is -2.54. The van der Waals surface area contributed by atoms with Crippen LogP contribution < -0.4 is 16.0 Å². The molecule has 2 aliphatic heterocycles. The van der Waals surface area contributed by atoms with Crippen molar-refractivity contribution in [1.82, 2.24) is 25.8 Å². The number of amides is 4. The highest BCUT2D eigenvalue weighted by Gasteiger charge is 2.39. The number of carbonyl (C=O) groups is 5. The fourth-order valence-corrected chi connectivity index (χ4v) is 5.30. The number of carbonyl (C=O) groups excluding carboxylic acids is 5. The van der Waals surface area contributed by atoms with Crippen molar-refractivity contribution in [2.24, 2.45) is 5.92 Å². The van der Waals surface area contributed by atoms with Gasteiger partial charge < -0.3 is 25.8 Å². The minimum absolute atomic E-state index is 0.0118. The van der Waals surface area contributed by atoms with Crippen molar-refractivity contribution in [1.29, 1.82) is 0 Å². The van der Waals surface area contributed by atoms with Crippen LogP contribution in [0.5, 0.6) is 0 Å². The number of H-pyrrole nitrogens is 1. The summed E-state index contributed by atoms with van der Waals surface area (Å²) in [5.74, 6) is -3.16. The molecule has 10 heteroatoms. The third-order valence-electron chi connectivity index (χ3n) is 7.41. The molecule has 4 amide bonds. The van der Waals surface area contributed by atoms with Crippen LogP contribution in [0, 0.1) is 5.92 Å². The van der Waals surface area contributed by atoms with Gasteiger partial charge in [0.2, 0.25) is 17.6 Å². The molecule has 0 aliphatic carbocycles. The molecule has 2 saturated heterocycles. The van der Waals surface area contributed by atoms with E-state index in [0.29, 0.717) is 38.0 Å². The van der Waals surface area contributed by atoms with Crippen LogP contribution in [-0.2, 0) is 25.7 Å². The van der Waals surface area contributed by atoms with Crippen molar-refractivity contribution in [2.75, 3.05) is 13.1 Å². The average molecular weight is 530 g/mol. The van der Waals surface area contributed by atoms with Gasteiger partial charge in [-0.05, 0) is 43.4 Å². The molecule has 1 aromatic heterocycles. The molecule has 10 nitrogen and oxygen atoms in total. The normalized spacial score (nSPS) is 19.5. The first-order valence-electron chi connectivity index (χ1n) is 13.2. The fourth-order valence-electron chi connectivity index (χ4n) is 5.30. The number of fused-ring (bicyclic) bond motifs is 1. The summed E-state index contributed by atoms with van der Waals surface area (Å²) in [6, 6.07) is 16.5. The lowest BCUT2D eigenvalue weighted by molar-refractivity contribution is -0.141. The molecule has 2 aromatic carbocycles. The van der Waals surface area contributed by atoms with Crippen molar-refractivity contribution in [3.63, 3.8) is 0 Å². The van der Waals surface area contributed by atoms with Crippen molar-refractivity contribution in [2.45, 2.75) is 44.3 Å². The lowest BCUT2D eigenvalue weighted by atomic mass is 9.95. The summed E-state index contributed by atoms with van der Waals surface area (Å²) in [4.78, 5) is 69.6. The van der Waals surface area contributed by atoms with Crippen LogP contribution in [0.4, 0.5) is 0 Å². The first kappa shape index (κ1) is 26.1. The molecule has 4 N–H and O–H groups in total. The van der Waals surface area contributed by atoms with Gasteiger partial charge in [0, 0.05) is 36.5 Å². The summed E-state index contributed by atoms with van der Waals surface area (Å²) in [7, 11) is 0.